The van der Waals surface area contributed by atoms with Crippen LogP contribution in [-0.2, 0) is 0 Å². The van der Waals surface area contributed by atoms with Crippen LogP contribution in [0.15, 0.2) is 28.7 Å². The summed E-state index contributed by atoms with van der Waals surface area (Å²) in [4.78, 5) is 2.57. The molecule has 2 rings (SSSR count). The minimum atomic E-state index is 0.282. The smallest absolute Gasteiger partial charge is 0.119 e. The van der Waals surface area contributed by atoms with Crippen LogP contribution in [0.2, 0.25) is 0 Å². The first-order valence-electron chi connectivity index (χ1n) is 7.72. The SMILES string of the molecule is CC1CN(CCOc2ccc(Br)cc2)C(C(C)(C)C)CN1. The molecule has 0 bridgehead atoms. The molecule has 1 aromatic rings. The maximum absolute atomic E-state index is 5.88. The highest BCUT2D eigenvalue weighted by atomic mass is 79.9. The number of halogens is 1. The Hall–Kier alpha value is -0.580. The number of ether oxygens (including phenoxy) is 1. The predicted octanol–water partition coefficient (Wildman–Crippen LogP) is 3.54. The van der Waals surface area contributed by atoms with Crippen LogP contribution in [0.1, 0.15) is 27.7 Å². The molecule has 1 fully saturated rings. The zero-order valence-corrected chi connectivity index (χ0v) is 15.1. The molecule has 0 aromatic heterocycles. The van der Waals surface area contributed by atoms with Gasteiger partial charge in [-0.3, -0.25) is 4.90 Å². The average molecular weight is 355 g/mol. The predicted molar refractivity (Wildman–Crippen MR) is 91.9 cm³/mol. The molecule has 0 radical (unpaired) electrons. The monoisotopic (exact) mass is 354 g/mol. The summed E-state index contributed by atoms with van der Waals surface area (Å²) in [6, 6.07) is 9.15. The first-order valence-corrected chi connectivity index (χ1v) is 8.51. The van der Waals surface area contributed by atoms with E-state index in [2.05, 4.69) is 53.8 Å². The molecule has 21 heavy (non-hydrogen) atoms. The van der Waals surface area contributed by atoms with Crippen molar-refractivity contribution in [3.63, 3.8) is 0 Å². The van der Waals surface area contributed by atoms with Crippen molar-refractivity contribution in [1.82, 2.24) is 10.2 Å². The van der Waals surface area contributed by atoms with Crippen LogP contribution in [-0.4, -0.2) is 43.2 Å². The van der Waals surface area contributed by atoms with E-state index in [9.17, 15) is 0 Å². The number of benzene rings is 1. The molecule has 1 aromatic carbocycles. The van der Waals surface area contributed by atoms with Gasteiger partial charge in [-0.2, -0.15) is 0 Å². The molecular weight excluding hydrogens is 328 g/mol. The van der Waals surface area contributed by atoms with E-state index in [4.69, 9.17) is 4.74 Å². The number of hydrogen-bond donors (Lipinski definition) is 1. The molecule has 0 saturated carbocycles. The molecular formula is C17H27BrN2O. The fourth-order valence-corrected chi connectivity index (χ4v) is 3.16. The van der Waals surface area contributed by atoms with Crippen LogP contribution in [0.25, 0.3) is 0 Å². The van der Waals surface area contributed by atoms with Gasteiger partial charge in [0.15, 0.2) is 0 Å². The van der Waals surface area contributed by atoms with Crippen molar-refractivity contribution in [2.24, 2.45) is 5.41 Å². The molecule has 0 amide bonds. The largest absolute Gasteiger partial charge is 0.492 e. The highest BCUT2D eigenvalue weighted by molar-refractivity contribution is 9.10. The molecule has 4 heteroatoms. The summed E-state index contributed by atoms with van der Waals surface area (Å²) in [7, 11) is 0. The number of nitrogens with one attached hydrogen (secondary N) is 1. The fraction of sp³-hybridized carbons (Fsp3) is 0.647. The molecule has 118 valence electrons. The summed E-state index contributed by atoms with van der Waals surface area (Å²) < 4.78 is 6.96. The third-order valence-electron chi connectivity index (χ3n) is 4.07. The van der Waals surface area contributed by atoms with Gasteiger partial charge in [-0.25, -0.2) is 0 Å². The van der Waals surface area contributed by atoms with Crippen molar-refractivity contribution in [3.05, 3.63) is 28.7 Å². The Morgan fingerprint density at radius 2 is 1.95 bits per heavy atom. The van der Waals surface area contributed by atoms with E-state index >= 15 is 0 Å². The molecule has 1 aliphatic rings. The van der Waals surface area contributed by atoms with Gasteiger partial charge >= 0.3 is 0 Å². The van der Waals surface area contributed by atoms with E-state index < -0.39 is 0 Å². The lowest BCUT2D eigenvalue weighted by Gasteiger charge is -2.45. The third kappa shape index (κ3) is 4.97. The van der Waals surface area contributed by atoms with Gasteiger partial charge in [0.05, 0.1) is 0 Å². The molecule has 2 atom stereocenters. The van der Waals surface area contributed by atoms with Crippen LogP contribution < -0.4 is 10.1 Å². The molecule has 1 saturated heterocycles. The summed E-state index contributed by atoms with van der Waals surface area (Å²) in [6.45, 7) is 13.1. The number of hydrogen-bond acceptors (Lipinski definition) is 3. The van der Waals surface area contributed by atoms with Crippen molar-refractivity contribution in [1.29, 1.82) is 0 Å². The van der Waals surface area contributed by atoms with Crippen LogP contribution in [0.4, 0.5) is 0 Å². The van der Waals surface area contributed by atoms with Gasteiger partial charge < -0.3 is 10.1 Å². The Kier molecular flexibility index (Phi) is 5.69. The van der Waals surface area contributed by atoms with E-state index in [1.807, 2.05) is 24.3 Å². The van der Waals surface area contributed by atoms with E-state index in [0.717, 1.165) is 36.5 Å². The number of rotatable bonds is 4. The van der Waals surface area contributed by atoms with E-state index in [1.165, 1.54) is 0 Å². The van der Waals surface area contributed by atoms with Gasteiger partial charge in [-0.15, -0.1) is 0 Å². The number of nitrogens with zero attached hydrogens (tertiary/aromatic N) is 1. The summed E-state index contributed by atoms with van der Waals surface area (Å²) in [5.74, 6) is 0.939. The molecule has 1 heterocycles. The van der Waals surface area contributed by atoms with Crippen molar-refractivity contribution in [2.45, 2.75) is 39.8 Å². The quantitative estimate of drug-likeness (QED) is 0.894. The van der Waals surface area contributed by atoms with Gasteiger partial charge in [0, 0.05) is 36.2 Å². The molecule has 2 unspecified atom stereocenters. The second-order valence-electron chi connectivity index (χ2n) is 6.99. The van der Waals surface area contributed by atoms with Crippen LogP contribution in [0.3, 0.4) is 0 Å². The topological polar surface area (TPSA) is 24.5 Å². The minimum Gasteiger partial charge on any atom is -0.492 e. The van der Waals surface area contributed by atoms with Crippen molar-refractivity contribution >= 4 is 15.9 Å². The highest BCUT2D eigenvalue weighted by Crippen LogP contribution is 2.26. The zero-order chi connectivity index (χ0) is 15.5. The Morgan fingerprint density at radius 3 is 2.57 bits per heavy atom. The standard InChI is InChI=1S/C17H27BrN2O/c1-13-12-20(16(11-19-13)17(2,3)4)9-10-21-15-7-5-14(18)6-8-15/h5-8,13,16,19H,9-12H2,1-4H3. The molecule has 1 aliphatic heterocycles. The second kappa shape index (κ2) is 7.12. The zero-order valence-electron chi connectivity index (χ0n) is 13.5. The lowest BCUT2D eigenvalue weighted by atomic mass is 9.84. The van der Waals surface area contributed by atoms with Gasteiger partial charge in [0.1, 0.15) is 12.4 Å². The second-order valence-corrected chi connectivity index (χ2v) is 7.90. The van der Waals surface area contributed by atoms with Gasteiger partial charge in [0.25, 0.3) is 0 Å². The van der Waals surface area contributed by atoms with E-state index in [-0.39, 0.29) is 5.41 Å². The summed E-state index contributed by atoms with van der Waals surface area (Å²) >= 11 is 3.44. The normalized spacial score (nSPS) is 24.0. The Morgan fingerprint density at radius 1 is 1.29 bits per heavy atom. The maximum Gasteiger partial charge on any atom is 0.119 e. The molecule has 0 spiro atoms. The Bertz CT molecular complexity index is 441. The average Bonchev–Trinajstić information content (AvgIpc) is 2.40. The summed E-state index contributed by atoms with van der Waals surface area (Å²) in [6.07, 6.45) is 0. The van der Waals surface area contributed by atoms with Gasteiger partial charge in [0.2, 0.25) is 0 Å². The van der Waals surface area contributed by atoms with Crippen molar-refractivity contribution in [2.75, 3.05) is 26.2 Å². The highest BCUT2D eigenvalue weighted by Gasteiger charge is 2.34. The Labute approximate surface area is 137 Å². The summed E-state index contributed by atoms with van der Waals surface area (Å²) in [5.41, 5.74) is 0.282. The molecule has 0 aliphatic carbocycles. The summed E-state index contributed by atoms with van der Waals surface area (Å²) in [5, 5.41) is 3.60. The van der Waals surface area contributed by atoms with Crippen molar-refractivity contribution < 1.29 is 4.74 Å². The van der Waals surface area contributed by atoms with Crippen LogP contribution in [0.5, 0.6) is 5.75 Å². The third-order valence-corrected chi connectivity index (χ3v) is 4.60. The number of piperazine rings is 1. The fourth-order valence-electron chi connectivity index (χ4n) is 2.90. The van der Waals surface area contributed by atoms with Crippen LogP contribution >= 0.6 is 15.9 Å². The van der Waals surface area contributed by atoms with E-state index in [0.29, 0.717) is 12.1 Å². The lowest BCUT2D eigenvalue weighted by molar-refractivity contribution is 0.0481. The lowest BCUT2D eigenvalue weighted by Crippen LogP contribution is -2.60. The van der Waals surface area contributed by atoms with Crippen LogP contribution in [0, 0.1) is 5.41 Å². The van der Waals surface area contributed by atoms with Gasteiger partial charge in [-0.1, -0.05) is 36.7 Å². The Balaban J connectivity index is 1.88. The first kappa shape index (κ1) is 16.8. The maximum atomic E-state index is 5.88. The van der Waals surface area contributed by atoms with Gasteiger partial charge in [-0.05, 0) is 36.6 Å². The minimum absolute atomic E-state index is 0.282. The van der Waals surface area contributed by atoms with E-state index in [1.54, 1.807) is 0 Å². The van der Waals surface area contributed by atoms with Crippen molar-refractivity contribution in [3.8, 4) is 5.75 Å². The first-order chi connectivity index (χ1) is 9.86. The molecule has 1 N–H and O–H groups in total. The molecule has 3 nitrogen and oxygen atoms in total.